The third-order valence-electron chi connectivity index (χ3n) is 7.60. The fourth-order valence-corrected chi connectivity index (χ4v) is 6.33. The van der Waals surface area contributed by atoms with E-state index in [-0.39, 0.29) is 0 Å². The summed E-state index contributed by atoms with van der Waals surface area (Å²) in [6.45, 7) is 9.21. The summed E-state index contributed by atoms with van der Waals surface area (Å²) in [6.07, 6.45) is 12.6. The predicted octanol–water partition coefficient (Wildman–Crippen LogP) is 5.77. The third-order valence-corrected chi connectivity index (χ3v) is 7.60. The fourth-order valence-electron chi connectivity index (χ4n) is 6.33. The molecule has 0 aliphatic heterocycles. The molecule has 0 N–H and O–H groups in total. The average molecular weight is 310 g/mol. The Balaban J connectivity index is 1.68. The Morgan fingerprint density at radius 2 is 2.09 bits per heavy atom. The van der Waals surface area contributed by atoms with Crippen LogP contribution in [0, 0.1) is 23.2 Å². The van der Waals surface area contributed by atoms with Gasteiger partial charge in [0, 0.05) is 12.8 Å². The van der Waals surface area contributed by atoms with Crippen LogP contribution in [0.3, 0.4) is 0 Å². The quantitative estimate of drug-likeness (QED) is 0.591. The molecule has 124 valence electrons. The zero-order valence-electron chi connectivity index (χ0n) is 14.8. The van der Waals surface area contributed by atoms with Crippen LogP contribution in [0.2, 0.25) is 0 Å². The molecule has 1 fully saturated rings. The molecular formula is C22H30O. The van der Waals surface area contributed by atoms with Gasteiger partial charge >= 0.3 is 0 Å². The molecule has 4 aliphatic rings. The van der Waals surface area contributed by atoms with Gasteiger partial charge < -0.3 is 0 Å². The van der Waals surface area contributed by atoms with Gasteiger partial charge in [0.2, 0.25) is 0 Å². The first-order chi connectivity index (χ1) is 11.0. The van der Waals surface area contributed by atoms with E-state index in [1.54, 1.807) is 11.1 Å². The van der Waals surface area contributed by atoms with Crippen LogP contribution in [0.15, 0.2) is 34.9 Å². The van der Waals surface area contributed by atoms with Crippen LogP contribution in [0.1, 0.15) is 71.6 Å². The summed E-state index contributed by atoms with van der Waals surface area (Å²) in [5, 5.41) is 0. The maximum atomic E-state index is 11.8. The van der Waals surface area contributed by atoms with Crippen LogP contribution in [-0.2, 0) is 4.79 Å². The van der Waals surface area contributed by atoms with Gasteiger partial charge in [-0.1, -0.05) is 37.6 Å². The van der Waals surface area contributed by atoms with Crippen molar-refractivity contribution in [3.63, 3.8) is 0 Å². The number of carbonyl (C=O) groups is 1. The summed E-state index contributed by atoms with van der Waals surface area (Å²) in [5.74, 6) is 2.78. The summed E-state index contributed by atoms with van der Waals surface area (Å²) < 4.78 is 0. The standard InChI is InChI=1S/C22H30O/c1-4-14(2)20-9-10-21-19-7-5-15-13-16(23)6-8-17(15)18(19)11-12-22(20,21)3/h11,19-21H,2,4-10,12-13H2,1,3H3/t19-,20-,21+,22-/m1/s1. The first kappa shape index (κ1) is 15.4. The van der Waals surface area contributed by atoms with E-state index >= 15 is 0 Å². The molecule has 0 unspecified atom stereocenters. The lowest BCUT2D eigenvalue weighted by molar-refractivity contribution is -0.118. The average Bonchev–Trinajstić information content (AvgIpc) is 2.90. The molecule has 0 aromatic rings. The summed E-state index contributed by atoms with van der Waals surface area (Å²) in [4.78, 5) is 11.8. The Labute approximate surface area is 140 Å². The van der Waals surface area contributed by atoms with Gasteiger partial charge in [-0.05, 0) is 79.3 Å². The van der Waals surface area contributed by atoms with Crippen LogP contribution in [0.4, 0.5) is 0 Å². The molecule has 4 rings (SSSR count). The summed E-state index contributed by atoms with van der Waals surface area (Å²) in [6, 6.07) is 0. The fraction of sp³-hybridized carbons (Fsp3) is 0.682. The lowest BCUT2D eigenvalue weighted by Crippen LogP contribution is -2.39. The number of allylic oxidation sites excluding steroid dienone is 5. The molecule has 0 saturated heterocycles. The molecule has 0 amide bonds. The molecule has 0 spiro atoms. The van der Waals surface area contributed by atoms with Gasteiger partial charge in [-0.3, -0.25) is 4.79 Å². The predicted molar refractivity (Wildman–Crippen MR) is 95.1 cm³/mol. The van der Waals surface area contributed by atoms with Gasteiger partial charge in [-0.2, -0.15) is 0 Å². The van der Waals surface area contributed by atoms with Crippen molar-refractivity contribution < 1.29 is 4.79 Å². The van der Waals surface area contributed by atoms with E-state index in [9.17, 15) is 4.79 Å². The molecule has 23 heavy (non-hydrogen) atoms. The molecule has 1 nitrogen and oxygen atoms in total. The third kappa shape index (κ3) is 2.22. The van der Waals surface area contributed by atoms with Crippen molar-refractivity contribution in [2.75, 3.05) is 0 Å². The zero-order valence-corrected chi connectivity index (χ0v) is 14.8. The van der Waals surface area contributed by atoms with Crippen LogP contribution in [-0.4, -0.2) is 5.78 Å². The molecule has 0 radical (unpaired) electrons. The van der Waals surface area contributed by atoms with E-state index in [1.165, 1.54) is 43.3 Å². The summed E-state index contributed by atoms with van der Waals surface area (Å²) >= 11 is 0. The van der Waals surface area contributed by atoms with Gasteiger partial charge in [-0.15, -0.1) is 0 Å². The zero-order chi connectivity index (χ0) is 16.2. The molecule has 1 saturated carbocycles. The SMILES string of the molecule is C=C(CC)[C@H]1CC[C@H]2[C@@H]3CCC4=C(CCC(=O)C4)C3=CC[C@]12C. The van der Waals surface area contributed by atoms with Crippen LogP contribution >= 0.6 is 0 Å². The topological polar surface area (TPSA) is 17.1 Å². The Hall–Kier alpha value is -1.11. The van der Waals surface area contributed by atoms with E-state index in [0.29, 0.717) is 11.2 Å². The van der Waals surface area contributed by atoms with E-state index in [4.69, 9.17) is 0 Å². The molecule has 0 aromatic heterocycles. The normalized spacial score (nSPS) is 39.5. The Bertz CT molecular complexity index is 620. The number of Topliss-reactive ketones (excluding diaryl/α,β-unsaturated/α-hetero) is 1. The van der Waals surface area contributed by atoms with E-state index in [0.717, 1.165) is 43.4 Å². The highest BCUT2D eigenvalue weighted by Crippen LogP contribution is 2.62. The van der Waals surface area contributed by atoms with Gasteiger partial charge in [0.15, 0.2) is 0 Å². The minimum absolute atomic E-state index is 0.434. The smallest absolute Gasteiger partial charge is 0.137 e. The maximum absolute atomic E-state index is 11.8. The van der Waals surface area contributed by atoms with Crippen molar-refractivity contribution in [1.29, 1.82) is 0 Å². The van der Waals surface area contributed by atoms with E-state index < -0.39 is 0 Å². The van der Waals surface area contributed by atoms with Crippen molar-refractivity contribution in [1.82, 2.24) is 0 Å². The highest BCUT2D eigenvalue weighted by molar-refractivity contribution is 5.83. The Kier molecular flexibility index (Phi) is 3.66. The van der Waals surface area contributed by atoms with Gasteiger partial charge in [0.25, 0.3) is 0 Å². The lowest BCUT2D eigenvalue weighted by Gasteiger charge is -2.48. The van der Waals surface area contributed by atoms with Crippen molar-refractivity contribution in [2.45, 2.75) is 71.6 Å². The molecule has 4 aliphatic carbocycles. The van der Waals surface area contributed by atoms with Crippen LogP contribution in [0.25, 0.3) is 0 Å². The number of ketones is 1. The lowest BCUT2D eigenvalue weighted by atomic mass is 9.56. The van der Waals surface area contributed by atoms with Gasteiger partial charge in [0.1, 0.15) is 5.78 Å². The second-order valence-electron chi connectivity index (χ2n) is 8.56. The second kappa shape index (κ2) is 5.46. The number of carbonyl (C=O) groups excluding carboxylic acids is 1. The number of hydrogen-bond acceptors (Lipinski definition) is 1. The molecular weight excluding hydrogens is 280 g/mol. The maximum Gasteiger partial charge on any atom is 0.137 e. The summed E-state index contributed by atoms with van der Waals surface area (Å²) in [7, 11) is 0. The van der Waals surface area contributed by atoms with Crippen LogP contribution < -0.4 is 0 Å². The van der Waals surface area contributed by atoms with Gasteiger partial charge in [-0.25, -0.2) is 0 Å². The monoisotopic (exact) mass is 310 g/mol. The number of rotatable bonds is 2. The second-order valence-corrected chi connectivity index (χ2v) is 8.56. The number of hydrogen-bond donors (Lipinski definition) is 0. The largest absolute Gasteiger partial charge is 0.299 e. The molecule has 1 heteroatoms. The molecule has 4 atom stereocenters. The van der Waals surface area contributed by atoms with Crippen molar-refractivity contribution >= 4 is 5.78 Å². The van der Waals surface area contributed by atoms with E-state index in [1.807, 2.05) is 0 Å². The van der Waals surface area contributed by atoms with Crippen molar-refractivity contribution in [2.24, 2.45) is 23.2 Å². The van der Waals surface area contributed by atoms with Crippen molar-refractivity contribution in [3.05, 3.63) is 34.9 Å². The van der Waals surface area contributed by atoms with Crippen molar-refractivity contribution in [3.8, 4) is 0 Å². The first-order valence-corrected chi connectivity index (χ1v) is 9.65. The highest BCUT2D eigenvalue weighted by atomic mass is 16.1. The summed E-state index contributed by atoms with van der Waals surface area (Å²) in [5.41, 5.74) is 6.65. The Morgan fingerprint density at radius 3 is 2.87 bits per heavy atom. The molecule has 0 heterocycles. The molecule has 0 bridgehead atoms. The van der Waals surface area contributed by atoms with E-state index in [2.05, 4.69) is 26.5 Å². The molecule has 0 aromatic carbocycles. The minimum atomic E-state index is 0.434. The first-order valence-electron chi connectivity index (χ1n) is 9.65. The number of fused-ring (bicyclic) bond motifs is 4. The van der Waals surface area contributed by atoms with Crippen LogP contribution in [0.5, 0.6) is 0 Å². The minimum Gasteiger partial charge on any atom is -0.299 e. The Morgan fingerprint density at radius 1 is 1.26 bits per heavy atom. The highest BCUT2D eigenvalue weighted by Gasteiger charge is 2.52. The van der Waals surface area contributed by atoms with Gasteiger partial charge in [0.05, 0.1) is 0 Å².